The standard InChI is InChI=1S/C28H27FN4O5/c1-16-6-9-19-15-20(29)10-13-23(19)32(16)28(35)27-17(2)26-22(4-3-5-24(26)38-27)30-31-25(34)14-18-7-11-21(12-8-18)33(36)37/h7-8,10-13,15-16H,3-6,9,14H2,1-2H3,(H,31,34)/b30-22+. The second kappa shape index (κ2) is 10.2. The molecule has 196 valence electrons. The summed E-state index contributed by atoms with van der Waals surface area (Å²) >= 11 is 0. The highest BCUT2D eigenvalue weighted by molar-refractivity contribution is 6.10. The van der Waals surface area contributed by atoms with Crippen molar-refractivity contribution in [1.29, 1.82) is 0 Å². The van der Waals surface area contributed by atoms with Gasteiger partial charge >= 0.3 is 0 Å². The van der Waals surface area contributed by atoms with Gasteiger partial charge in [0.15, 0.2) is 5.76 Å². The number of fused-ring (bicyclic) bond motifs is 2. The SMILES string of the molecule is Cc1c(C(=O)N2c3ccc(F)cc3CCC2C)oc2c1/C(=N/NC(=O)Cc1ccc([N+](=O)[O-])cc1)CCC2. The molecule has 5 rings (SSSR count). The molecule has 0 saturated carbocycles. The highest BCUT2D eigenvalue weighted by Gasteiger charge is 2.35. The van der Waals surface area contributed by atoms with Gasteiger partial charge < -0.3 is 9.32 Å². The third-order valence-electron chi connectivity index (χ3n) is 7.14. The minimum Gasteiger partial charge on any atom is -0.455 e. The second-order valence-corrected chi connectivity index (χ2v) is 9.74. The molecule has 3 aromatic rings. The molecule has 1 aliphatic heterocycles. The third kappa shape index (κ3) is 4.81. The molecular formula is C28H27FN4O5. The minimum absolute atomic E-state index is 0.0165. The first-order valence-corrected chi connectivity index (χ1v) is 12.6. The summed E-state index contributed by atoms with van der Waals surface area (Å²) < 4.78 is 19.9. The van der Waals surface area contributed by atoms with Crippen molar-refractivity contribution in [3.05, 3.63) is 92.2 Å². The molecule has 0 bridgehead atoms. The number of hydrogen-bond donors (Lipinski definition) is 1. The maximum atomic E-state index is 13.8. The van der Waals surface area contributed by atoms with E-state index >= 15 is 0 Å². The van der Waals surface area contributed by atoms with Crippen LogP contribution in [0.3, 0.4) is 0 Å². The molecule has 10 heteroatoms. The largest absolute Gasteiger partial charge is 0.455 e. The van der Waals surface area contributed by atoms with E-state index in [9.17, 15) is 24.1 Å². The Bertz CT molecular complexity index is 1460. The third-order valence-corrected chi connectivity index (χ3v) is 7.14. The van der Waals surface area contributed by atoms with Crippen molar-refractivity contribution in [3.63, 3.8) is 0 Å². The number of hydrogen-bond acceptors (Lipinski definition) is 6. The fraction of sp³-hybridized carbons (Fsp3) is 0.321. The number of anilines is 1. The number of hydrazone groups is 1. The number of aryl methyl sites for hydroxylation is 2. The molecule has 1 aromatic heterocycles. The lowest BCUT2D eigenvalue weighted by Gasteiger charge is -2.34. The number of rotatable bonds is 5. The predicted octanol–water partition coefficient (Wildman–Crippen LogP) is 5.02. The number of non-ortho nitro benzene ring substituents is 1. The maximum Gasteiger partial charge on any atom is 0.294 e. The zero-order valence-electron chi connectivity index (χ0n) is 21.1. The summed E-state index contributed by atoms with van der Waals surface area (Å²) in [6.07, 6.45) is 3.45. The topological polar surface area (TPSA) is 118 Å². The van der Waals surface area contributed by atoms with E-state index in [2.05, 4.69) is 10.5 Å². The van der Waals surface area contributed by atoms with Crippen molar-refractivity contribution in [2.45, 2.75) is 58.4 Å². The molecule has 2 aliphatic rings. The molecule has 1 atom stereocenters. The molecule has 0 fully saturated rings. The highest BCUT2D eigenvalue weighted by Crippen LogP contribution is 2.36. The van der Waals surface area contributed by atoms with E-state index in [0.29, 0.717) is 47.5 Å². The molecule has 0 spiro atoms. The Labute approximate surface area is 218 Å². The Hall–Kier alpha value is -4.34. The Morgan fingerprint density at radius 3 is 2.68 bits per heavy atom. The van der Waals surface area contributed by atoms with E-state index < -0.39 is 4.92 Å². The fourth-order valence-corrected chi connectivity index (χ4v) is 5.21. The van der Waals surface area contributed by atoms with Gasteiger partial charge in [-0.1, -0.05) is 12.1 Å². The predicted molar refractivity (Wildman–Crippen MR) is 139 cm³/mol. The quantitative estimate of drug-likeness (QED) is 0.376. The van der Waals surface area contributed by atoms with Crippen LogP contribution in [0.1, 0.15) is 64.8 Å². The summed E-state index contributed by atoms with van der Waals surface area (Å²) in [7, 11) is 0. The van der Waals surface area contributed by atoms with Crippen molar-refractivity contribution in [1.82, 2.24) is 5.43 Å². The molecule has 2 amide bonds. The molecule has 9 nitrogen and oxygen atoms in total. The molecule has 0 radical (unpaired) electrons. The first-order chi connectivity index (χ1) is 18.2. The van der Waals surface area contributed by atoms with Crippen LogP contribution in [0.15, 0.2) is 52.0 Å². The normalized spacial score (nSPS) is 17.6. The molecule has 1 N–H and O–H groups in total. The molecule has 2 aromatic carbocycles. The lowest BCUT2D eigenvalue weighted by atomic mass is 9.92. The van der Waals surface area contributed by atoms with Crippen LogP contribution in [0.4, 0.5) is 15.8 Å². The van der Waals surface area contributed by atoms with Gasteiger partial charge in [0.2, 0.25) is 5.91 Å². The Morgan fingerprint density at radius 2 is 1.95 bits per heavy atom. The fourth-order valence-electron chi connectivity index (χ4n) is 5.21. The van der Waals surface area contributed by atoms with Crippen LogP contribution in [0.5, 0.6) is 0 Å². The van der Waals surface area contributed by atoms with Gasteiger partial charge in [-0.15, -0.1) is 0 Å². The van der Waals surface area contributed by atoms with E-state index in [-0.39, 0.29) is 41.5 Å². The van der Waals surface area contributed by atoms with Crippen molar-refractivity contribution >= 4 is 28.9 Å². The van der Waals surface area contributed by atoms with Crippen LogP contribution >= 0.6 is 0 Å². The summed E-state index contributed by atoms with van der Waals surface area (Å²) in [6, 6.07) is 10.2. The lowest BCUT2D eigenvalue weighted by molar-refractivity contribution is -0.384. The summed E-state index contributed by atoms with van der Waals surface area (Å²) in [4.78, 5) is 38.2. The molecule has 38 heavy (non-hydrogen) atoms. The number of carbonyl (C=O) groups is 2. The van der Waals surface area contributed by atoms with Crippen molar-refractivity contribution < 1.29 is 23.3 Å². The Morgan fingerprint density at radius 1 is 1.18 bits per heavy atom. The Kier molecular flexibility index (Phi) is 6.79. The van der Waals surface area contributed by atoms with Gasteiger partial charge in [-0.25, -0.2) is 9.82 Å². The number of nitrogens with one attached hydrogen (secondary N) is 1. The van der Waals surface area contributed by atoms with Crippen LogP contribution in [0.2, 0.25) is 0 Å². The highest BCUT2D eigenvalue weighted by atomic mass is 19.1. The minimum atomic E-state index is -0.493. The van der Waals surface area contributed by atoms with Crippen molar-refractivity contribution in [2.24, 2.45) is 5.10 Å². The molecular weight excluding hydrogens is 491 g/mol. The van der Waals surface area contributed by atoms with Crippen molar-refractivity contribution in [3.8, 4) is 0 Å². The average molecular weight is 519 g/mol. The second-order valence-electron chi connectivity index (χ2n) is 9.74. The van der Waals surface area contributed by atoms with Gasteiger partial charge in [-0.3, -0.25) is 19.7 Å². The lowest BCUT2D eigenvalue weighted by Crippen LogP contribution is -2.42. The molecule has 0 saturated heterocycles. The maximum absolute atomic E-state index is 13.8. The zero-order chi connectivity index (χ0) is 27.0. The smallest absolute Gasteiger partial charge is 0.294 e. The number of nitro groups is 1. The first kappa shape index (κ1) is 25.3. The summed E-state index contributed by atoms with van der Waals surface area (Å²) in [6.45, 7) is 3.78. The number of carbonyl (C=O) groups excluding carboxylic acids is 2. The van der Waals surface area contributed by atoms with Crippen LogP contribution in [-0.4, -0.2) is 28.5 Å². The van der Waals surface area contributed by atoms with E-state index in [4.69, 9.17) is 4.42 Å². The van der Waals surface area contributed by atoms with Gasteiger partial charge in [0, 0.05) is 41.4 Å². The van der Waals surface area contributed by atoms with E-state index in [1.807, 2.05) is 13.8 Å². The van der Waals surface area contributed by atoms with Crippen molar-refractivity contribution in [2.75, 3.05) is 4.90 Å². The number of benzene rings is 2. The molecule has 2 heterocycles. The van der Waals surface area contributed by atoms with Crippen LogP contribution in [0, 0.1) is 22.9 Å². The van der Waals surface area contributed by atoms with Gasteiger partial charge in [0.25, 0.3) is 11.6 Å². The zero-order valence-corrected chi connectivity index (χ0v) is 21.1. The number of halogens is 1. The first-order valence-electron chi connectivity index (χ1n) is 12.6. The number of amides is 2. The summed E-state index contributed by atoms with van der Waals surface area (Å²) in [5.74, 6) is -0.0810. The summed E-state index contributed by atoms with van der Waals surface area (Å²) in [5, 5.41) is 15.2. The van der Waals surface area contributed by atoms with E-state index in [1.54, 1.807) is 11.0 Å². The van der Waals surface area contributed by atoms with Crippen LogP contribution in [-0.2, 0) is 24.1 Å². The summed E-state index contributed by atoms with van der Waals surface area (Å²) in [5.41, 5.74) is 6.68. The number of nitrogens with zero attached hydrogens (tertiary/aromatic N) is 3. The van der Waals surface area contributed by atoms with Gasteiger partial charge in [0.1, 0.15) is 11.6 Å². The van der Waals surface area contributed by atoms with Gasteiger partial charge in [-0.05, 0) is 68.9 Å². The number of nitro benzene ring substituents is 1. The van der Waals surface area contributed by atoms with Gasteiger partial charge in [-0.2, -0.15) is 5.10 Å². The number of furan rings is 1. The van der Waals surface area contributed by atoms with Gasteiger partial charge in [0.05, 0.1) is 17.1 Å². The molecule has 1 unspecified atom stereocenters. The van der Waals surface area contributed by atoms with E-state index in [0.717, 1.165) is 24.0 Å². The van der Waals surface area contributed by atoms with E-state index in [1.165, 1.54) is 36.4 Å². The monoisotopic (exact) mass is 518 g/mol. The molecule has 1 aliphatic carbocycles. The van der Waals surface area contributed by atoms with Crippen LogP contribution < -0.4 is 10.3 Å². The van der Waals surface area contributed by atoms with Crippen LogP contribution in [0.25, 0.3) is 0 Å². The average Bonchev–Trinajstić information content (AvgIpc) is 3.24. The Balaban J connectivity index is 1.37.